The van der Waals surface area contributed by atoms with E-state index in [2.05, 4.69) is 16.4 Å². The Bertz CT molecular complexity index is 1470. The molecule has 2 aliphatic carbocycles. The number of hydrogen-bond acceptors (Lipinski definition) is 5. The Balaban J connectivity index is 1.23. The summed E-state index contributed by atoms with van der Waals surface area (Å²) in [4.78, 5) is 37.0. The Morgan fingerprint density at radius 2 is 1.93 bits per heavy atom. The number of aromatic amines is 1. The first-order valence-corrected chi connectivity index (χ1v) is 14.9. The van der Waals surface area contributed by atoms with Gasteiger partial charge in [-0.2, -0.15) is 13.2 Å². The Morgan fingerprint density at radius 3 is 2.65 bits per heavy atom. The molecule has 3 heterocycles. The number of benzene rings is 1. The molecule has 2 saturated carbocycles. The lowest BCUT2D eigenvalue weighted by atomic mass is 9.85. The lowest BCUT2D eigenvalue weighted by Gasteiger charge is -2.24. The van der Waals surface area contributed by atoms with Crippen LogP contribution in [0.2, 0.25) is 0 Å². The lowest BCUT2D eigenvalue weighted by Crippen LogP contribution is -2.36. The fourth-order valence-corrected chi connectivity index (χ4v) is 7.47. The minimum absolute atomic E-state index is 0.0510. The maximum absolute atomic E-state index is 13.3. The number of fused-ring (bicyclic) bond motifs is 1. The SMILES string of the molecule is O=C(C(O)c1cccc(C(F)(F)F)c1)N1CCCc2nc(C3(c4cc(C5CCCCC5)cs4)CC3)[nH]c(=O)c2C1. The van der Waals surface area contributed by atoms with Crippen LogP contribution in [0, 0.1) is 0 Å². The average molecular weight is 572 g/mol. The molecule has 6 nitrogen and oxygen atoms in total. The van der Waals surface area contributed by atoms with Crippen LogP contribution in [0.3, 0.4) is 0 Å². The molecule has 6 rings (SSSR count). The predicted octanol–water partition coefficient (Wildman–Crippen LogP) is 5.99. The first kappa shape index (κ1) is 27.2. The smallest absolute Gasteiger partial charge is 0.378 e. The Hall–Kier alpha value is -2.98. The number of halogens is 3. The van der Waals surface area contributed by atoms with Crippen LogP contribution in [0.25, 0.3) is 0 Å². The zero-order valence-corrected chi connectivity index (χ0v) is 22.9. The van der Waals surface area contributed by atoms with E-state index in [4.69, 9.17) is 4.98 Å². The molecule has 1 unspecified atom stereocenters. The number of aryl methyl sites for hydroxylation is 1. The molecule has 2 fully saturated rings. The van der Waals surface area contributed by atoms with E-state index in [9.17, 15) is 27.9 Å². The number of rotatable bonds is 5. The molecule has 2 N–H and O–H groups in total. The summed E-state index contributed by atoms with van der Waals surface area (Å²) >= 11 is 1.75. The van der Waals surface area contributed by atoms with Crippen molar-refractivity contribution < 1.29 is 23.1 Å². The number of H-pyrrole nitrogens is 1. The third kappa shape index (κ3) is 5.11. The summed E-state index contributed by atoms with van der Waals surface area (Å²) in [7, 11) is 0. The van der Waals surface area contributed by atoms with E-state index in [0.717, 1.165) is 25.0 Å². The van der Waals surface area contributed by atoms with Crippen LogP contribution in [0.15, 0.2) is 40.5 Å². The van der Waals surface area contributed by atoms with Crippen LogP contribution in [-0.2, 0) is 29.4 Å². The second-order valence-corrected chi connectivity index (χ2v) is 12.3. The molecule has 0 radical (unpaired) electrons. The Kier molecular flexibility index (Phi) is 7.11. The second kappa shape index (κ2) is 10.4. The van der Waals surface area contributed by atoms with Crippen molar-refractivity contribution in [2.75, 3.05) is 6.54 Å². The van der Waals surface area contributed by atoms with Crippen LogP contribution >= 0.6 is 11.3 Å². The molecule has 3 aliphatic rings. The van der Waals surface area contributed by atoms with Gasteiger partial charge in [-0.05, 0) is 79.1 Å². The van der Waals surface area contributed by atoms with E-state index in [0.29, 0.717) is 35.8 Å². The van der Waals surface area contributed by atoms with E-state index in [-0.39, 0.29) is 29.6 Å². The number of hydrogen-bond donors (Lipinski definition) is 2. The molecule has 1 aliphatic heterocycles. The number of amides is 1. The number of aromatic nitrogens is 2. The van der Waals surface area contributed by atoms with Gasteiger partial charge in [0.2, 0.25) is 0 Å². The summed E-state index contributed by atoms with van der Waals surface area (Å²) in [6.45, 7) is 0.214. The third-order valence-corrected chi connectivity index (χ3v) is 9.89. The summed E-state index contributed by atoms with van der Waals surface area (Å²) < 4.78 is 39.4. The lowest BCUT2D eigenvalue weighted by molar-refractivity contribution is -0.142. The van der Waals surface area contributed by atoms with E-state index in [1.807, 2.05) is 0 Å². The first-order valence-electron chi connectivity index (χ1n) is 14.0. The van der Waals surface area contributed by atoms with Crippen LogP contribution in [0.5, 0.6) is 0 Å². The monoisotopic (exact) mass is 571 g/mol. The molecule has 212 valence electrons. The summed E-state index contributed by atoms with van der Waals surface area (Å²) in [6.07, 6.45) is 2.85. The van der Waals surface area contributed by atoms with E-state index >= 15 is 0 Å². The summed E-state index contributed by atoms with van der Waals surface area (Å²) in [5.41, 5.74) is 0.782. The molecule has 1 amide bonds. The molecular formula is C30H32F3N3O3S. The third-order valence-electron chi connectivity index (χ3n) is 8.74. The quantitative estimate of drug-likeness (QED) is 0.394. The van der Waals surface area contributed by atoms with E-state index in [1.165, 1.54) is 59.6 Å². The van der Waals surface area contributed by atoms with Gasteiger partial charge < -0.3 is 15.0 Å². The largest absolute Gasteiger partial charge is 0.416 e. The molecule has 10 heteroatoms. The minimum Gasteiger partial charge on any atom is -0.378 e. The topological polar surface area (TPSA) is 86.3 Å². The summed E-state index contributed by atoms with van der Waals surface area (Å²) in [6, 6.07) is 6.46. The number of carbonyl (C=O) groups is 1. The van der Waals surface area contributed by atoms with Gasteiger partial charge in [0.05, 0.1) is 28.8 Å². The minimum atomic E-state index is -4.59. The highest BCUT2D eigenvalue weighted by Gasteiger charge is 2.50. The van der Waals surface area contributed by atoms with Crippen molar-refractivity contribution in [3.8, 4) is 0 Å². The maximum atomic E-state index is 13.3. The van der Waals surface area contributed by atoms with Gasteiger partial charge in [-0.25, -0.2) is 4.98 Å². The number of aliphatic hydroxyl groups excluding tert-OH is 1. The second-order valence-electron chi connectivity index (χ2n) is 11.4. The van der Waals surface area contributed by atoms with Crippen LogP contribution in [0.4, 0.5) is 13.2 Å². The standard InChI is InChI=1S/C30H32F3N3O3S/c31-30(32,33)21-9-4-8-19(14-21)25(37)27(39)36-13-5-10-23-22(16-36)26(38)35-28(34-23)29(11-12-29)24-15-20(17-40-24)18-6-2-1-3-7-18/h4,8-9,14-15,17-18,25,37H,1-3,5-7,10-13,16H2,(H,34,35,38). The fourth-order valence-electron chi connectivity index (χ4n) is 6.21. The van der Waals surface area contributed by atoms with Gasteiger partial charge in [-0.15, -0.1) is 11.3 Å². The van der Waals surface area contributed by atoms with Crippen molar-refractivity contribution in [2.24, 2.45) is 0 Å². The fraction of sp³-hybridized carbons (Fsp3) is 0.500. The number of aliphatic hydroxyl groups is 1. The molecular weight excluding hydrogens is 539 g/mol. The summed E-state index contributed by atoms with van der Waals surface area (Å²) in [5.74, 6) is 0.559. The zero-order chi connectivity index (χ0) is 28.1. The Morgan fingerprint density at radius 1 is 1.15 bits per heavy atom. The van der Waals surface area contributed by atoms with Crippen molar-refractivity contribution in [3.05, 3.63) is 84.7 Å². The maximum Gasteiger partial charge on any atom is 0.416 e. The van der Waals surface area contributed by atoms with Gasteiger partial charge in [0.1, 0.15) is 5.82 Å². The number of alkyl halides is 3. The van der Waals surface area contributed by atoms with Gasteiger partial charge in [0, 0.05) is 11.4 Å². The highest BCUT2D eigenvalue weighted by atomic mass is 32.1. The van der Waals surface area contributed by atoms with Gasteiger partial charge in [-0.3, -0.25) is 9.59 Å². The molecule has 40 heavy (non-hydrogen) atoms. The molecule has 0 bridgehead atoms. The van der Waals surface area contributed by atoms with Crippen molar-refractivity contribution >= 4 is 17.2 Å². The van der Waals surface area contributed by atoms with E-state index in [1.54, 1.807) is 11.3 Å². The molecule has 1 atom stereocenters. The average Bonchev–Trinajstić information content (AvgIpc) is 3.67. The highest BCUT2D eigenvalue weighted by Crippen LogP contribution is 2.54. The van der Waals surface area contributed by atoms with Crippen LogP contribution < -0.4 is 5.56 Å². The molecule has 0 saturated heterocycles. The van der Waals surface area contributed by atoms with Crippen molar-refractivity contribution in [3.63, 3.8) is 0 Å². The predicted molar refractivity (Wildman–Crippen MR) is 145 cm³/mol. The molecule has 3 aromatic rings. The molecule has 0 spiro atoms. The zero-order valence-electron chi connectivity index (χ0n) is 22.1. The van der Waals surface area contributed by atoms with Crippen molar-refractivity contribution in [1.82, 2.24) is 14.9 Å². The molecule has 2 aromatic heterocycles. The Labute approximate surface area is 234 Å². The number of carbonyl (C=O) groups excluding carboxylic acids is 1. The summed E-state index contributed by atoms with van der Waals surface area (Å²) in [5, 5.41) is 12.9. The van der Waals surface area contributed by atoms with Gasteiger partial charge in [-0.1, -0.05) is 31.4 Å². The number of nitrogens with one attached hydrogen (secondary N) is 1. The van der Waals surface area contributed by atoms with Gasteiger partial charge in [0.25, 0.3) is 11.5 Å². The van der Waals surface area contributed by atoms with Crippen molar-refractivity contribution in [2.45, 2.75) is 87.9 Å². The van der Waals surface area contributed by atoms with Crippen LogP contribution in [-0.4, -0.2) is 32.4 Å². The van der Waals surface area contributed by atoms with Gasteiger partial charge in [0.15, 0.2) is 6.10 Å². The highest BCUT2D eigenvalue weighted by molar-refractivity contribution is 7.10. The molecule has 1 aromatic carbocycles. The van der Waals surface area contributed by atoms with Crippen LogP contribution in [0.1, 0.15) is 102 Å². The first-order chi connectivity index (χ1) is 19.2. The van der Waals surface area contributed by atoms with Gasteiger partial charge >= 0.3 is 6.18 Å². The number of thiophene rings is 1. The van der Waals surface area contributed by atoms with E-state index < -0.39 is 23.8 Å². The van der Waals surface area contributed by atoms with Crippen molar-refractivity contribution in [1.29, 1.82) is 0 Å². The normalized spacial score (nSPS) is 20.1. The number of nitrogens with zero attached hydrogens (tertiary/aromatic N) is 2.